The zero-order chi connectivity index (χ0) is 30.6. The zero-order valence-corrected chi connectivity index (χ0v) is 23.9. The molecule has 4 N–H and O–H groups in total. The Balaban J connectivity index is 1.67. The third kappa shape index (κ3) is 4.64. The standard InChI is InChI=1S/C30H31F2N7O4/c1-33-21-10-20(31)24(32)22-23-26(39-6-4-5-16(13-39)37(2)7-8-40)18(12-34-28(23)36-25(21)22)15-9-17-27(41)19(30(42)43)14-38(3)29(17)35-11-15/h9-12,14,16,33,40H,4-8,13H2,1-3H3,(H,34,36)(H,42,43). The van der Waals surface area contributed by atoms with Gasteiger partial charge in [-0.25, -0.2) is 23.5 Å². The van der Waals surface area contributed by atoms with E-state index in [4.69, 9.17) is 0 Å². The van der Waals surface area contributed by atoms with Gasteiger partial charge in [-0.3, -0.25) is 9.69 Å². The summed E-state index contributed by atoms with van der Waals surface area (Å²) in [7, 11) is 5.17. The van der Waals surface area contributed by atoms with Crippen LogP contribution in [0.2, 0.25) is 0 Å². The fourth-order valence-corrected chi connectivity index (χ4v) is 6.20. The predicted molar refractivity (Wildman–Crippen MR) is 161 cm³/mol. The van der Waals surface area contributed by atoms with E-state index in [1.54, 1.807) is 32.6 Å². The smallest absolute Gasteiger partial charge is 0.341 e. The molecule has 1 aliphatic rings. The number of likely N-dealkylation sites (N-methyl/N-ethyl adjacent to an activating group) is 1. The van der Waals surface area contributed by atoms with Gasteiger partial charge in [0.15, 0.2) is 11.6 Å². The lowest BCUT2D eigenvalue weighted by Gasteiger charge is -2.39. The molecule has 0 amide bonds. The molecular weight excluding hydrogens is 560 g/mol. The van der Waals surface area contributed by atoms with E-state index in [2.05, 4.69) is 30.1 Å². The maximum Gasteiger partial charge on any atom is 0.341 e. The van der Waals surface area contributed by atoms with Gasteiger partial charge in [0.1, 0.15) is 16.9 Å². The summed E-state index contributed by atoms with van der Waals surface area (Å²) in [6, 6.07) is 2.75. The number of nitrogens with one attached hydrogen (secondary N) is 2. The van der Waals surface area contributed by atoms with E-state index in [9.17, 15) is 24.2 Å². The van der Waals surface area contributed by atoms with Crippen LogP contribution in [0, 0.1) is 11.6 Å². The van der Waals surface area contributed by atoms with E-state index >= 15 is 4.39 Å². The highest BCUT2D eigenvalue weighted by molar-refractivity contribution is 6.18. The molecule has 1 aromatic carbocycles. The van der Waals surface area contributed by atoms with Crippen LogP contribution in [0.3, 0.4) is 0 Å². The molecule has 0 radical (unpaired) electrons. The van der Waals surface area contributed by atoms with Crippen LogP contribution < -0.4 is 15.6 Å². The van der Waals surface area contributed by atoms with Crippen LogP contribution in [0.25, 0.3) is 44.1 Å². The lowest BCUT2D eigenvalue weighted by molar-refractivity contribution is 0.0695. The average molecular weight is 592 g/mol. The number of benzene rings is 1. The Morgan fingerprint density at radius 3 is 2.74 bits per heavy atom. The molecule has 1 fully saturated rings. The molecular formula is C30H31F2N7O4. The van der Waals surface area contributed by atoms with Crippen molar-refractivity contribution in [3.8, 4) is 11.1 Å². The monoisotopic (exact) mass is 591 g/mol. The molecule has 5 aromatic rings. The number of aliphatic hydroxyl groups excluding tert-OH is 1. The number of piperidine rings is 1. The third-order valence-corrected chi connectivity index (χ3v) is 8.38. The van der Waals surface area contributed by atoms with E-state index in [0.717, 1.165) is 18.9 Å². The average Bonchev–Trinajstić information content (AvgIpc) is 3.40. The van der Waals surface area contributed by atoms with Crippen molar-refractivity contribution in [2.75, 3.05) is 50.6 Å². The summed E-state index contributed by atoms with van der Waals surface area (Å²) in [6.45, 7) is 1.65. The number of aromatic nitrogens is 4. The number of carboxylic acids is 1. The number of pyridine rings is 3. The first-order chi connectivity index (χ1) is 20.6. The Morgan fingerprint density at radius 2 is 2.02 bits per heavy atom. The third-order valence-electron chi connectivity index (χ3n) is 8.38. The summed E-state index contributed by atoms with van der Waals surface area (Å²) in [6.07, 6.45) is 6.11. The minimum atomic E-state index is -1.35. The van der Waals surface area contributed by atoms with Gasteiger partial charge >= 0.3 is 5.97 Å². The quantitative estimate of drug-likeness (QED) is 0.224. The number of carboxylic acid groups (broad SMARTS) is 1. The lowest BCUT2D eigenvalue weighted by atomic mass is 9.97. The molecule has 43 heavy (non-hydrogen) atoms. The highest BCUT2D eigenvalue weighted by Gasteiger charge is 2.30. The number of hydrogen-bond acceptors (Lipinski definition) is 8. The molecule has 1 saturated heterocycles. The van der Waals surface area contributed by atoms with Crippen LogP contribution in [0.15, 0.2) is 35.5 Å². The van der Waals surface area contributed by atoms with Gasteiger partial charge < -0.3 is 30.0 Å². The highest BCUT2D eigenvalue weighted by Crippen LogP contribution is 2.44. The number of nitrogens with zero attached hydrogens (tertiary/aromatic N) is 5. The first-order valence-electron chi connectivity index (χ1n) is 13.9. The van der Waals surface area contributed by atoms with E-state index in [0.29, 0.717) is 64.3 Å². The van der Waals surface area contributed by atoms with Crippen LogP contribution in [0.1, 0.15) is 23.2 Å². The molecule has 0 bridgehead atoms. The van der Waals surface area contributed by atoms with Crippen molar-refractivity contribution in [1.82, 2.24) is 24.4 Å². The van der Waals surface area contributed by atoms with Gasteiger partial charge in [-0.2, -0.15) is 0 Å². The van der Waals surface area contributed by atoms with Crippen molar-refractivity contribution in [1.29, 1.82) is 0 Å². The number of carbonyl (C=O) groups is 1. The van der Waals surface area contributed by atoms with Gasteiger partial charge in [0.2, 0.25) is 5.43 Å². The first kappa shape index (κ1) is 28.5. The second kappa shape index (κ2) is 10.9. The number of aryl methyl sites for hydroxylation is 1. The van der Waals surface area contributed by atoms with Crippen LogP contribution in [-0.4, -0.2) is 87.0 Å². The minimum absolute atomic E-state index is 0.00747. The summed E-state index contributed by atoms with van der Waals surface area (Å²) in [5.74, 6) is -3.37. The van der Waals surface area contributed by atoms with Crippen LogP contribution in [0.5, 0.6) is 0 Å². The minimum Gasteiger partial charge on any atom is -0.477 e. The van der Waals surface area contributed by atoms with Crippen molar-refractivity contribution in [2.45, 2.75) is 18.9 Å². The fourth-order valence-electron chi connectivity index (χ4n) is 6.20. The lowest BCUT2D eigenvalue weighted by Crippen LogP contribution is -2.47. The molecule has 224 valence electrons. The van der Waals surface area contributed by atoms with Crippen molar-refractivity contribution in [3.63, 3.8) is 0 Å². The number of aliphatic hydroxyl groups is 1. The van der Waals surface area contributed by atoms with Gasteiger partial charge in [-0.05, 0) is 26.0 Å². The van der Waals surface area contributed by atoms with Gasteiger partial charge in [0, 0.05) is 75.6 Å². The summed E-state index contributed by atoms with van der Waals surface area (Å²) < 4.78 is 32.1. The number of hydrogen-bond donors (Lipinski definition) is 4. The Bertz CT molecular complexity index is 1970. The molecule has 1 unspecified atom stereocenters. The van der Waals surface area contributed by atoms with Crippen LogP contribution in [0.4, 0.5) is 20.2 Å². The number of fused-ring (bicyclic) bond motifs is 4. The van der Waals surface area contributed by atoms with E-state index in [-0.39, 0.29) is 29.0 Å². The SMILES string of the molecule is CNc1cc(F)c(F)c2c1[nH]c1ncc(-c3cnc4c(c3)c(=O)c(C(=O)O)cn4C)c(N3CCCC(N(C)CCO)C3)c12. The molecule has 5 heterocycles. The van der Waals surface area contributed by atoms with E-state index in [1.807, 2.05) is 7.05 Å². The number of aromatic amines is 1. The Labute approximate surface area is 244 Å². The van der Waals surface area contributed by atoms with Crippen molar-refractivity contribution >= 4 is 50.3 Å². The van der Waals surface area contributed by atoms with Gasteiger partial charge in [0.05, 0.1) is 39.7 Å². The molecule has 13 heteroatoms. The maximum absolute atomic E-state index is 15.7. The molecule has 1 aliphatic heterocycles. The first-order valence-corrected chi connectivity index (χ1v) is 13.9. The van der Waals surface area contributed by atoms with E-state index in [1.165, 1.54) is 10.8 Å². The summed E-state index contributed by atoms with van der Waals surface area (Å²) in [5.41, 5.74) is 1.94. The summed E-state index contributed by atoms with van der Waals surface area (Å²) in [4.78, 5) is 41.4. The fraction of sp³-hybridized carbons (Fsp3) is 0.333. The zero-order valence-electron chi connectivity index (χ0n) is 23.9. The van der Waals surface area contributed by atoms with Crippen molar-refractivity contribution < 1.29 is 23.8 Å². The second-order valence-corrected chi connectivity index (χ2v) is 10.9. The van der Waals surface area contributed by atoms with Crippen molar-refractivity contribution in [3.05, 3.63) is 58.1 Å². The molecule has 6 rings (SSSR count). The van der Waals surface area contributed by atoms with Crippen LogP contribution in [-0.2, 0) is 7.05 Å². The maximum atomic E-state index is 15.7. The van der Waals surface area contributed by atoms with Gasteiger partial charge in [-0.15, -0.1) is 0 Å². The van der Waals surface area contributed by atoms with E-state index < -0.39 is 23.0 Å². The molecule has 0 aliphatic carbocycles. The second-order valence-electron chi connectivity index (χ2n) is 10.9. The molecule has 4 aromatic heterocycles. The number of H-pyrrole nitrogens is 1. The Morgan fingerprint density at radius 1 is 1.23 bits per heavy atom. The number of halogens is 2. The Kier molecular flexibility index (Phi) is 7.22. The normalized spacial score (nSPS) is 15.7. The van der Waals surface area contributed by atoms with Gasteiger partial charge in [-0.1, -0.05) is 0 Å². The topological polar surface area (TPSA) is 140 Å². The summed E-state index contributed by atoms with van der Waals surface area (Å²) >= 11 is 0. The number of aromatic carboxylic acids is 1. The highest BCUT2D eigenvalue weighted by atomic mass is 19.2. The van der Waals surface area contributed by atoms with Crippen LogP contribution >= 0.6 is 0 Å². The molecule has 11 nitrogen and oxygen atoms in total. The Hall–Kier alpha value is -4.62. The molecule has 0 spiro atoms. The predicted octanol–water partition coefficient (Wildman–Crippen LogP) is 3.54. The number of rotatable bonds is 7. The molecule has 1 atom stereocenters. The molecule has 0 saturated carbocycles. The summed E-state index contributed by atoms with van der Waals surface area (Å²) in [5, 5.41) is 22.6. The van der Waals surface area contributed by atoms with Crippen molar-refractivity contribution in [2.24, 2.45) is 7.05 Å². The number of anilines is 2. The van der Waals surface area contributed by atoms with Gasteiger partial charge in [0.25, 0.3) is 0 Å². The largest absolute Gasteiger partial charge is 0.477 e.